The molecule has 3 aromatic rings. The van der Waals surface area contributed by atoms with Gasteiger partial charge in [0, 0.05) is 10.0 Å². The highest BCUT2D eigenvalue weighted by Crippen LogP contribution is 2.13. The first-order valence-electron chi connectivity index (χ1n) is 8.10. The van der Waals surface area contributed by atoms with Crippen molar-refractivity contribution < 1.29 is 4.79 Å². The smallest absolute Gasteiger partial charge is 0.263 e. The van der Waals surface area contributed by atoms with Crippen LogP contribution in [-0.2, 0) is 11.3 Å². The standard InChI is InChI=1S/C18H17BrN6O/c1-2-16(13-8-10-15(19)11-9-13)20-21-17(26)12-25-23-18(22-24-25)14-6-4-3-5-7-14/h3-11H,2,12H2,1H3,(H,21,26)/b20-16-. The van der Waals surface area contributed by atoms with Gasteiger partial charge in [0.15, 0.2) is 0 Å². The minimum atomic E-state index is -0.315. The van der Waals surface area contributed by atoms with Gasteiger partial charge in [-0.15, -0.1) is 10.2 Å². The first-order valence-corrected chi connectivity index (χ1v) is 8.89. The van der Waals surface area contributed by atoms with Gasteiger partial charge in [0.05, 0.1) is 5.71 Å². The Morgan fingerprint density at radius 2 is 1.88 bits per heavy atom. The number of aromatic nitrogens is 4. The summed E-state index contributed by atoms with van der Waals surface area (Å²) >= 11 is 3.40. The molecule has 1 heterocycles. The Morgan fingerprint density at radius 1 is 1.15 bits per heavy atom. The fourth-order valence-corrected chi connectivity index (χ4v) is 2.56. The fraction of sp³-hybridized carbons (Fsp3) is 0.167. The van der Waals surface area contributed by atoms with Crippen LogP contribution in [0.5, 0.6) is 0 Å². The zero-order valence-corrected chi connectivity index (χ0v) is 15.7. The molecule has 1 amide bonds. The van der Waals surface area contributed by atoms with Crippen LogP contribution in [0.2, 0.25) is 0 Å². The maximum atomic E-state index is 12.1. The van der Waals surface area contributed by atoms with Crippen LogP contribution in [0.15, 0.2) is 64.2 Å². The predicted molar refractivity (Wildman–Crippen MR) is 102 cm³/mol. The molecule has 2 aromatic carbocycles. The van der Waals surface area contributed by atoms with Crippen molar-refractivity contribution in [1.29, 1.82) is 0 Å². The maximum absolute atomic E-state index is 12.1. The average molecular weight is 413 g/mol. The number of nitrogens with one attached hydrogen (secondary N) is 1. The summed E-state index contributed by atoms with van der Waals surface area (Å²) in [6.45, 7) is 1.93. The van der Waals surface area contributed by atoms with E-state index in [9.17, 15) is 4.79 Å². The average Bonchev–Trinajstić information content (AvgIpc) is 3.13. The van der Waals surface area contributed by atoms with E-state index in [4.69, 9.17) is 0 Å². The molecule has 7 nitrogen and oxygen atoms in total. The summed E-state index contributed by atoms with van der Waals surface area (Å²) < 4.78 is 0.993. The van der Waals surface area contributed by atoms with E-state index in [1.165, 1.54) is 4.80 Å². The summed E-state index contributed by atoms with van der Waals surface area (Å²) in [5, 5.41) is 16.3. The molecular formula is C18H17BrN6O. The molecule has 3 rings (SSSR count). The van der Waals surface area contributed by atoms with Crippen LogP contribution in [0.3, 0.4) is 0 Å². The number of rotatable bonds is 6. The van der Waals surface area contributed by atoms with Gasteiger partial charge < -0.3 is 0 Å². The number of amides is 1. The third-order valence-electron chi connectivity index (χ3n) is 3.60. The highest BCUT2D eigenvalue weighted by Gasteiger charge is 2.09. The highest BCUT2D eigenvalue weighted by molar-refractivity contribution is 9.10. The number of tetrazole rings is 1. The molecule has 0 unspecified atom stereocenters. The lowest BCUT2D eigenvalue weighted by Crippen LogP contribution is -2.25. The van der Waals surface area contributed by atoms with Crippen molar-refractivity contribution in [3.8, 4) is 11.4 Å². The molecule has 1 N–H and O–H groups in total. The number of benzene rings is 2. The first-order chi connectivity index (χ1) is 12.7. The van der Waals surface area contributed by atoms with E-state index in [1.54, 1.807) is 0 Å². The van der Waals surface area contributed by atoms with E-state index in [0.717, 1.165) is 21.3 Å². The summed E-state index contributed by atoms with van der Waals surface area (Å²) in [4.78, 5) is 13.4. The molecule has 0 atom stereocenters. The molecule has 0 aliphatic carbocycles. The Hall–Kier alpha value is -2.87. The second-order valence-electron chi connectivity index (χ2n) is 5.46. The molecule has 0 saturated heterocycles. The van der Waals surface area contributed by atoms with Crippen LogP contribution < -0.4 is 5.43 Å². The number of hydrogen-bond acceptors (Lipinski definition) is 5. The molecule has 132 valence electrons. The molecule has 0 fully saturated rings. The van der Waals surface area contributed by atoms with Crippen LogP contribution >= 0.6 is 15.9 Å². The molecule has 26 heavy (non-hydrogen) atoms. The zero-order valence-electron chi connectivity index (χ0n) is 14.1. The largest absolute Gasteiger partial charge is 0.271 e. The third kappa shape index (κ3) is 4.60. The van der Waals surface area contributed by atoms with Crippen molar-refractivity contribution in [1.82, 2.24) is 25.6 Å². The van der Waals surface area contributed by atoms with Gasteiger partial charge >= 0.3 is 0 Å². The summed E-state index contributed by atoms with van der Waals surface area (Å²) in [5.41, 5.74) is 5.15. The molecule has 0 bridgehead atoms. The van der Waals surface area contributed by atoms with E-state index < -0.39 is 0 Å². The molecule has 0 saturated carbocycles. The van der Waals surface area contributed by atoms with Gasteiger partial charge in [0.2, 0.25) is 5.82 Å². The lowest BCUT2D eigenvalue weighted by molar-refractivity contribution is -0.122. The summed E-state index contributed by atoms with van der Waals surface area (Å²) in [6, 6.07) is 17.2. The summed E-state index contributed by atoms with van der Waals surface area (Å²) in [5.74, 6) is 0.163. The van der Waals surface area contributed by atoms with Gasteiger partial charge in [-0.3, -0.25) is 4.79 Å². The Morgan fingerprint density at radius 3 is 2.58 bits per heavy atom. The Bertz CT molecular complexity index is 905. The molecule has 0 radical (unpaired) electrons. The minimum Gasteiger partial charge on any atom is -0.271 e. The van der Waals surface area contributed by atoms with Gasteiger partial charge in [-0.2, -0.15) is 9.90 Å². The number of nitrogens with zero attached hydrogens (tertiary/aromatic N) is 5. The van der Waals surface area contributed by atoms with Crippen LogP contribution in [0.4, 0.5) is 0 Å². The Balaban J connectivity index is 1.63. The van der Waals surface area contributed by atoms with Crippen molar-refractivity contribution in [3.63, 3.8) is 0 Å². The van der Waals surface area contributed by atoms with Crippen molar-refractivity contribution in [2.24, 2.45) is 5.10 Å². The van der Waals surface area contributed by atoms with Crippen molar-refractivity contribution in [2.75, 3.05) is 0 Å². The van der Waals surface area contributed by atoms with Gasteiger partial charge in [-0.05, 0) is 29.3 Å². The minimum absolute atomic E-state index is 0.0549. The van der Waals surface area contributed by atoms with Crippen molar-refractivity contribution in [3.05, 3.63) is 64.6 Å². The van der Waals surface area contributed by atoms with Gasteiger partial charge in [-0.25, -0.2) is 5.43 Å². The van der Waals surface area contributed by atoms with Crippen molar-refractivity contribution in [2.45, 2.75) is 19.9 Å². The van der Waals surface area contributed by atoms with E-state index in [0.29, 0.717) is 12.2 Å². The van der Waals surface area contributed by atoms with Gasteiger partial charge in [0.25, 0.3) is 5.91 Å². The monoisotopic (exact) mass is 412 g/mol. The number of carbonyl (C=O) groups excluding carboxylic acids is 1. The fourth-order valence-electron chi connectivity index (χ4n) is 2.30. The lowest BCUT2D eigenvalue weighted by Gasteiger charge is -2.05. The second kappa shape index (κ2) is 8.48. The van der Waals surface area contributed by atoms with Crippen LogP contribution in [-0.4, -0.2) is 31.8 Å². The molecule has 8 heteroatoms. The number of hydrazone groups is 1. The second-order valence-corrected chi connectivity index (χ2v) is 6.38. The highest BCUT2D eigenvalue weighted by atomic mass is 79.9. The molecule has 0 spiro atoms. The predicted octanol–water partition coefficient (Wildman–Crippen LogP) is 3.03. The Kier molecular flexibility index (Phi) is 5.85. The maximum Gasteiger partial charge on any atom is 0.263 e. The quantitative estimate of drug-likeness (QED) is 0.497. The first kappa shape index (κ1) is 17.9. The SMILES string of the molecule is CC/C(=N/NC(=O)Cn1nnc(-c2ccccc2)n1)c1ccc(Br)cc1. The third-order valence-corrected chi connectivity index (χ3v) is 4.13. The van der Waals surface area contributed by atoms with E-state index in [1.807, 2.05) is 61.5 Å². The van der Waals surface area contributed by atoms with E-state index in [-0.39, 0.29) is 12.5 Å². The number of carbonyl (C=O) groups is 1. The van der Waals surface area contributed by atoms with E-state index in [2.05, 4.69) is 41.9 Å². The molecular weight excluding hydrogens is 396 g/mol. The number of hydrogen-bond donors (Lipinski definition) is 1. The lowest BCUT2D eigenvalue weighted by atomic mass is 10.1. The normalized spacial score (nSPS) is 11.4. The van der Waals surface area contributed by atoms with E-state index >= 15 is 0 Å². The topological polar surface area (TPSA) is 85.1 Å². The van der Waals surface area contributed by atoms with Crippen LogP contribution in [0.25, 0.3) is 11.4 Å². The van der Waals surface area contributed by atoms with Gasteiger partial charge in [-0.1, -0.05) is 65.3 Å². The summed E-state index contributed by atoms with van der Waals surface area (Å²) in [7, 11) is 0. The molecule has 1 aromatic heterocycles. The van der Waals surface area contributed by atoms with Crippen molar-refractivity contribution >= 4 is 27.5 Å². The van der Waals surface area contributed by atoms with Gasteiger partial charge in [0.1, 0.15) is 6.54 Å². The molecule has 0 aliphatic heterocycles. The Labute approximate surface area is 159 Å². The summed E-state index contributed by atoms with van der Waals surface area (Å²) in [6.07, 6.45) is 0.696. The van der Waals surface area contributed by atoms with Crippen LogP contribution in [0, 0.1) is 0 Å². The molecule has 0 aliphatic rings. The van der Waals surface area contributed by atoms with Crippen LogP contribution in [0.1, 0.15) is 18.9 Å². The number of halogens is 1. The zero-order chi connectivity index (χ0) is 18.4.